The van der Waals surface area contributed by atoms with Crippen molar-refractivity contribution in [2.45, 2.75) is 18.4 Å². The largest absolute Gasteiger partial charge is 0.493 e. The highest BCUT2D eigenvalue weighted by Gasteiger charge is 2.23. The van der Waals surface area contributed by atoms with Crippen molar-refractivity contribution in [3.8, 4) is 17.2 Å². The Kier molecular flexibility index (Phi) is 6.42. The fourth-order valence-electron chi connectivity index (χ4n) is 2.86. The van der Waals surface area contributed by atoms with Gasteiger partial charge in [0, 0.05) is 11.5 Å². The Bertz CT molecular complexity index is 730. The molecule has 0 aromatic heterocycles. The van der Waals surface area contributed by atoms with Gasteiger partial charge in [0.2, 0.25) is 5.75 Å². The lowest BCUT2D eigenvalue weighted by Gasteiger charge is -2.22. The van der Waals surface area contributed by atoms with Crippen LogP contribution in [-0.4, -0.2) is 26.4 Å². The molecule has 0 aliphatic heterocycles. The molecule has 2 aromatic rings. The average molecular weight is 346 g/mol. The molecule has 2 rings (SSSR count). The van der Waals surface area contributed by atoms with E-state index in [4.69, 9.17) is 14.2 Å². The molecular weight excluding hydrogens is 323 g/mol. The predicted octanol–water partition coefficient (Wildman–Crippen LogP) is 4.24. The summed E-state index contributed by atoms with van der Waals surface area (Å²) < 4.78 is 29.5. The Labute approximate surface area is 147 Å². The van der Waals surface area contributed by atoms with Crippen molar-refractivity contribution in [2.24, 2.45) is 0 Å². The molecule has 0 radical (unpaired) electrons. The maximum absolute atomic E-state index is 13.5. The molecule has 0 fully saturated rings. The van der Waals surface area contributed by atoms with Crippen molar-refractivity contribution in [3.63, 3.8) is 0 Å². The molecule has 0 spiro atoms. The summed E-state index contributed by atoms with van der Waals surface area (Å²) in [5.41, 5.74) is 1.33. The van der Waals surface area contributed by atoms with Gasteiger partial charge in [0.15, 0.2) is 11.5 Å². The fraction of sp³-hybridized carbons (Fsp3) is 0.300. The number of rotatable bonds is 8. The maximum Gasteiger partial charge on any atom is 0.203 e. The van der Waals surface area contributed by atoms with Crippen LogP contribution in [0.5, 0.6) is 17.2 Å². The molecule has 134 valence electrons. The summed E-state index contributed by atoms with van der Waals surface area (Å²) in [5.74, 6) is 0.825. The van der Waals surface area contributed by atoms with E-state index >= 15 is 0 Å². The monoisotopic (exact) mass is 346 g/mol. The van der Waals surface area contributed by atoms with Crippen molar-refractivity contribution in [1.82, 2.24) is 0 Å². The van der Waals surface area contributed by atoms with E-state index in [1.165, 1.54) is 33.5 Å². The van der Waals surface area contributed by atoms with Gasteiger partial charge >= 0.3 is 0 Å². The van der Waals surface area contributed by atoms with Crippen LogP contribution in [0.2, 0.25) is 0 Å². The minimum Gasteiger partial charge on any atom is -0.493 e. The average Bonchev–Trinajstić information content (AvgIpc) is 2.64. The first-order valence-corrected chi connectivity index (χ1v) is 7.90. The lowest BCUT2D eigenvalue weighted by atomic mass is 9.90. The molecule has 0 amide bonds. The lowest BCUT2D eigenvalue weighted by molar-refractivity contribution is 0.157. The second-order valence-electron chi connectivity index (χ2n) is 5.57. The number of hydrogen-bond acceptors (Lipinski definition) is 4. The summed E-state index contributed by atoms with van der Waals surface area (Å²) in [6.45, 7) is 3.81. The Morgan fingerprint density at radius 1 is 1.08 bits per heavy atom. The van der Waals surface area contributed by atoms with Crippen LogP contribution >= 0.6 is 0 Å². The summed E-state index contributed by atoms with van der Waals surface area (Å²) in [4.78, 5) is 0. The third kappa shape index (κ3) is 4.12. The molecular formula is C20H23FO4. The predicted molar refractivity (Wildman–Crippen MR) is 95.0 cm³/mol. The van der Waals surface area contributed by atoms with E-state index in [0.717, 1.165) is 5.56 Å². The Balaban J connectivity index is 2.33. The molecule has 5 heteroatoms. The van der Waals surface area contributed by atoms with Crippen LogP contribution in [0.4, 0.5) is 4.39 Å². The highest BCUT2D eigenvalue weighted by molar-refractivity contribution is 5.56. The molecule has 0 aliphatic carbocycles. The molecule has 0 saturated heterocycles. The number of methoxy groups -OCH3 is 3. The number of allylic oxidation sites excluding steroid dienone is 1. The molecule has 4 nitrogen and oxygen atoms in total. The van der Waals surface area contributed by atoms with Crippen LogP contribution in [0.15, 0.2) is 49.1 Å². The first-order chi connectivity index (χ1) is 12.0. The highest BCUT2D eigenvalue weighted by Crippen LogP contribution is 2.43. The number of aliphatic hydroxyl groups is 1. The molecule has 2 aromatic carbocycles. The van der Waals surface area contributed by atoms with Crippen LogP contribution in [0.25, 0.3) is 0 Å². The van der Waals surface area contributed by atoms with Gasteiger partial charge in [-0.2, -0.15) is 0 Å². The van der Waals surface area contributed by atoms with E-state index in [2.05, 4.69) is 6.58 Å². The van der Waals surface area contributed by atoms with Crippen molar-refractivity contribution >= 4 is 0 Å². The normalized spacial score (nSPS) is 13.0. The first kappa shape index (κ1) is 18.8. The molecule has 0 bridgehead atoms. The maximum atomic E-state index is 13.5. The number of hydrogen-bond donors (Lipinski definition) is 1. The number of ether oxygens (including phenoxy) is 3. The lowest BCUT2D eigenvalue weighted by Crippen LogP contribution is -2.07. The Morgan fingerprint density at radius 3 is 2.36 bits per heavy atom. The van der Waals surface area contributed by atoms with Crippen LogP contribution in [0.3, 0.4) is 0 Å². The van der Waals surface area contributed by atoms with Crippen molar-refractivity contribution < 1.29 is 23.7 Å². The van der Waals surface area contributed by atoms with E-state index in [1.54, 1.807) is 24.3 Å². The van der Waals surface area contributed by atoms with Gasteiger partial charge in [-0.05, 0) is 36.2 Å². The van der Waals surface area contributed by atoms with Gasteiger partial charge in [-0.25, -0.2) is 4.39 Å². The van der Waals surface area contributed by atoms with E-state index in [-0.39, 0.29) is 11.7 Å². The summed E-state index contributed by atoms with van der Waals surface area (Å²) >= 11 is 0. The Morgan fingerprint density at radius 2 is 1.80 bits per heavy atom. The molecule has 2 unspecified atom stereocenters. The van der Waals surface area contributed by atoms with Crippen LogP contribution in [0, 0.1) is 5.82 Å². The Hall–Kier alpha value is -2.53. The zero-order chi connectivity index (χ0) is 18.4. The van der Waals surface area contributed by atoms with Crippen LogP contribution in [0.1, 0.15) is 29.6 Å². The van der Waals surface area contributed by atoms with E-state index in [1.807, 2.05) is 6.07 Å². The van der Waals surface area contributed by atoms with E-state index < -0.39 is 6.10 Å². The number of halogens is 1. The van der Waals surface area contributed by atoms with E-state index in [9.17, 15) is 9.50 Å². The standard InChI is InChI=1S/C20H23FO4/c1-5-13(14-7-6-8-15(21)11-14)12-17(22)16-9-10-18(23-2)20(25-4)19(16)24-3/h5-11,13,17,22H,1,12H2,2-4H3. The van der Waals surface area contributed by atoms with Crippen molar-refractivity contribution in [3.05, 3.63) is 66.0 Å². The third-order valence-electron chi connectivity index (χ3n) is 4.13. The number of aliphatic hydroxyl groups excluding tert-OH is 1. The fourth-order valence-corrected chi connectivity index (χ4v) is 2.86. The molecule has 0 aliphatic rings. The van der Waals surface area contributed by atoms with Crippen molar-refractivity contribution in [2.75, 3.05) is 21.3 Å². The quantitative estimate of drug-likeness (QED) is 0.726. The second kappa shape index (κ2) is 8.53. The number of benzene rings is 2. The van der Waals surface area contributed by atoms with Gasteiger partial charge in [0.05, 0.1) is 27.4 Å². The minimum absolute atomic E-state index is 0.205. The van der Waals surface area contributed by atoms with E-state index in [0.29, 0.717) is 29.2 Å². The van der Waals surface area contributed by atoms with Gasteiger partial charge in [0.25, 0.3) is 0 Å². The summed E-state index contributed by atoms with van der Waals surface area (Å²) in [5, 5.41) is 10.7. The van der Waals surface area contributed by atoms with Crippen LogP contribution < -0.4 is 14.2 Å². The third-order valence-corrected chi connectivity index (χ3v) is 4.13. The molecule has 1 N–H and O–H groups in total. The van der Waals surface area contributed by atoms with Crippen molar-refractivity contribution in [1.29, 1.82) is 0 Å². The second-order valence-corrected chi connectivity index (χ2v) is 5.57. The van der Waals surface area contributed by atoms with Gasteiger partial charge in [0.1, 0.15) is 5.82 Å². The van der Waals surface area contributed by atoms with Gasteiger partial charge in [-0.15, -0.1) is 6.58 Å². The highest BCUT2D eigenvalue weighted by atomic mass is 19.1. The minimum atomic E-state index is -0.846. The molecule has 25 heavy (non-hydrogen) atoms. The van der Waals surface area contributed by atoms with Crippen LogP contribution in [-0.2, 0) is 0 Å². The first-order valence-electron chi connectivity index (χ1n) is 7.90. The SMILES string of the molecule is C=CC(CC(O)c1ccc(OC)c(OC)c1OC)c1cccc(F)c1. The summed E-state index contributed by atoms with van der Waals surface area (Å²) in [6, 6.07) is 9.74. The summed E-state index contributed by atoms with van der Waals surface area (Å²) in [6.07, 6.45) is 1.19. The van der Waals surface area contributed by atoms with Gasteiger partial charge in [-0.3, -0.25) is 0 Å². The molecule has 0 heterocycles. The zero-order valence-electron chi connectivity index (χ0n) is 14.7. The molecule has 0 saturated carbocycles. The van der Waals surface area contributed by atoms with Gasteiger partial charge < -0.3 is 19.3 Å². The van der Waals surface area contributed by atoms with Gasteiger partial charge in [-0.1, -0.05) is 18.2 Å². The smallest absolute Gasteiger partial charge is 0.203 e. The zero-order valence-corrected chi connectivity index (χ0v) is 14.7. The topological polar surface area (TPSA) is 47.9 Å². The molecule has 2 atom stereocenters. The summed E-state index contributed by atoms with van der Waals surface area (Å²) in [7, 11) is 4.55.